The van der Waals surface area contributed by atoms with Crippen LogP contribution in [0.2, 0.25) is 0 Å². The third kappa shape index (κ3) is 3.20. The molecule has 0 radical (unpaired) electrons. The summed E-state index contributed by atoms with van der Waals surface area (Å²) < 4.78 is -0.0423. The predicted octanol–water partition coefficient (Wildman–Crippen LogP) is 1.86. The van der Waals surface area contributed by atoms with Crippen molar-refractivity contribution in [1.82, 2.24) is 0 Å². The van der Waals surface area contributed by atoms with Gasteiger partial charge in [0, 0.05) is 23.2 Å². The lowest BCUT2D eigenvalue weighted by atomic mass is 9.99. The summed E-state index contributed by atoms with van der Waals surface area (Å²) in [5.74, 6) is 0.438. The molecule has 80 valence electrons. The van der Waals surface area contributed by atoms with E-state index in [1.54, 1.807) is 18.7 Å². The molecule has 1 aliphatic heterocycles. The van der Waals surface area contributed by atoms with E-state index in [-0.39, 0.29) is 15.8 Å². The molecular weight excluding hydrogens is 220 g/mol. The number of hydrogen-bond acceptors (Lipinski definition) is 4. The summed E-state index contributed by atoms with van der Waals surface area (Å²) in [6.45, 7) is 3.58. The highest BCUT2D eigenvalue weighted by Gasteiger charge is 2.39. The Labute approximate surface area is 92.0 Å². The minimum atomic E-state index is -0.714. The molecule has 0 saturated carbocycles. The van der Waals surface area contributed by atoms with Crippen molar-refractivity contribution in [3.8, 4) is 0 Å². The number of rotatable bonds is 3. The van der Waals surface area contributed by atoms with Crippen LogP contribution in [-0.2, 0) is 9.59 Å². The minimum absolute atomic E-state index is 0.0423. The molecule has 2 unspecified atom stereocenters. The average molecular weight is 234 g/mol. The maximum atomic E-state index is 10.8. The van der Waals surface area contributed by atoms with Crippen LogP contribution in [0.25, 0.3) is 0 Å². The molecule has 0 amide bonds. The summed E-state index contributed by atoms with van der Waals surface area (Å²) in [4.78, 5) is 21.5. The van der Waals surface area contributed by atoms with Gasteiger partial charge in [0.25, 0.3) is 0 Å². The fourth-order valence-electron chi connectivity index (χ4n) is 1.45. The SMILES string of the molecule is CC(=O)SCC1(C)CC(C(=O)O)CS1. The monoisotopic (exact) mass is 234 g/mol. The van der Waals surface area contributed by atoms with Crippen LogP contribution in [0.1, 0.15) is 20.3 Å². The first-order chi connectivity index (χ1) is 6.43. The summed E-state index contributed by atoms with van der Waals surface area (Å²) in [6, 6.07) is 0. The average Bonchev–Trinajstić information content (AvgIpc) is 2.46. The van der Waals surface area contributed by atoms with Gasteiger partial charge >= 0.3 is 5.97 Å². The van der Waals surface area contributed by atoms with Crippen molar-refractivity contribution in [2.24, 2.45) is 5.92 Å². The highest BCUT2D eigenvalue weighted by atomic mass is 32.2. The zero-order valence-electron chi connectivity index (χ0n) is 8.28. The highest BCUT2D eigenvalue weighted by Crippen LogP contribution is 2.43. The van der Waals surface area contributed by atoms with E-state index >= 15 is 0 Å². The van der Waals surface area contributed by atoms with Crippen molar-refractivity contribution >= 4 is 34.6 Å². The molecule has 1 aliphatic rings. The fraction of sp³-hybridized carbons (Fsp3) is 0.778. The number of carboxylic acid groups (broad SMARTS) is 1. The zero-order chi connectivity index (χ0) is 10.8. The molecule has 0 aromatic heterocycles. The van der Waals surface area contributed by atoms with Crippen LogP contribution in [0.15, 0.2) is 0 Å². The van der Waals surface area contributed by atoms with E-state index in [2.05, 4.69) is 0 Å². The largest absolute Gasteiger partial charge is 0.481 e. The van der Waals surface area contributed by atoms with Crippen LogP contribution in [0.5, 0.6) is 0 Å². The van der Waals surface area contributed by atoms with Crippen LogP contribution < -0.4 is 0 Å². The first kappa shape index (κ1) is 11.9. The van der Waals surface area contributed by atoms with Gasteiger partial charge in [0.15, 0.2) is 5.12 Å². The molecule has 1 saturated heterocycles. The Kier molecular flexibility index (Phi) is 3.89. The Morgan fingerprint density at radius 1 is 1.64 bits per heavy atom. The van der Waals surface area contributed by atoms with Crippen LogP contribution in [-0.4, -0.2) is 32.4 Å². The summed E-state index contributed by atoms with van der Waals surface area (Å²) in [5, 5.41) is 8.94. The molecule has 1 N–H and O–H groups in total. The molecule has 0 spiro atoms. The molecule has 1 heterocycles. The fourth-order valence-corrected chi connectivity index (χ4v) is 3.77. The Bertz CT molecular complexity index is 254. The van der Waals surface area contributed by atoms with Crippen LogP contribution in [0, 0.1) is 5.92 Å². The van der Waals surface area contributed by atoms with Gasteiger partial charge in [0.1, 0.15) is 0 Å². The van der Waals surface area contributed by atoms with Crippen molar-refractivity contribution in [2.45, 2.75) is 25.0 Å². The quantitative estimate of drug-likeness (QED) is 0.808. The summed E-state index contributed by atoms with van der Waals surface area (Å²) in [6.07, 6.45) is 0.674. The number of carboxylic acids is 1. The lowest BCUT2D eigenvalue weighted by Gasteiger charge is -2.21. The van der Waals surface area contributed by atoms with Crippen molar-refractivity contribution in [3.05, 3.63) is 0 Å². The number of hydrogen-bond donors (Lipinski definition) is 1. The van der Waals surface area contributed by atoms with Crippen LogP contribution >= 0.6 is 23.5 Å². The molecule has 3 nitrogen and oxygen atoms in total. The van der Waals surface area contributed by atoms with Gasteiger partial charge in [-0.3, -0.25) is 9.59 Å². The van der Waals surface area contributed by atoms with Gasteiger partial charge in [-0.25, -0.2) is 0 Å². The van der Waals surface area contributed by atoms with Gasteiger partial charge in [0.2, 0.25) is 0 Å². The zero-order valence-corrected chi connectivity index (χ0v) is 9.91. The van der Waals surface area contributed by atoms with Gasteiger partial charge in [-0.15, -0.1) is 0 Å². The summed E-state index contributed by atoms with van der Waals surface area (Å²) in [7, 11) is 0. The Morgan fingerprint density at radius 2 is 2.29 bits per heavy atom. The minimum Gasteiger partial charge on any atom is -0.481 e. The Balaban J connectivity index is 2.45. The maximum absolute atomic E-state index is 10.8. The van der Waals surface area contributed by atoms with Crippen molar-refractivity contribution < 1.29 is 14.7 Å². The van der Waals surface area contributed by atoms with E-state index in [1.165, 1.54) is 11.8 Å². The number of carbonyl (C=O) groups is 2. The second-order valence-corrected chi connectivity index (χ2v) is 6.54. The molecule has 2 atom stereocenters. The predicted molar refractivity (Wildman–Crippen MR) is 59.7 cm³/mol. The highest BCUT2D eigenvalue weighted by molar-refractivity contribution is 8.14. The number of carbonyl (C=O) groups excluding carboxylic acids is 1. The molecule has 0 aromatic rings. The Morgan fingerprint density at radius 3 is 2.71 bits per heavy atom. The molecule has 0 aliphatic carbocycles. The Hall–Kier alpha value is -0.160. The van der Waals surface area contributed by atoms with E-state index < -0.39 is 5.97 Å². The van der Waals surface area contributed by atoms with Crippen molar-refractivity contribution in [2.75, 3.05) is 11.5 Å². The van der Waals surface area contributed by atoms with Gasteiger partial charge in [-0.05, 0) is 13.3 Å². The lowest BCUT2D eigenvalue weighted by molar-refractivity contribution is -0.141. The molecule has 5 heteroatoms. The van der Waals surface area contributed by atoms with E-state index in [1.807, 2.05) is 6.92 Å². The van der Waals surface area contributed by atoms with E-state index in [9.17, 15) is 9.59 Å². The van der Waals surface area contributed by atoms with E-state index in [4.69, 9.17) is 5.11 Å². The van der Waals surface area contributed by atoms with E-state index in [0.717, 1.165) is 5.75 Å². The normalized spacial score (nSPS) is 31.7. The second kappa shape index (κ2) is 4.57. The molecule has 0 bridgehead atoms. The molecule has 1 rings (SSSR count). The third-order valence-corrected chi connectivity index (χ3v) is 5.19. The summed E-state index contributed by atoms with van der Waals surface area (Å²) >= 11 is 2.96. The standard InChI is InChI=1S/C9H14O3S2/c1-6(10)13-5-9(2)3-7(4-14-9)8(11)12/h7H,3-5H2,1-2H3,(H,11,12). The topological polar surface area (TPSA) is 54.4 Å². The molecular formula is C9H14O3S2. The summed E-state index contributed by atoms with van der Waals surface area (Å²) in [5.41, 5.74) is 0. The van der Waals surface area contributed by atoms with Crippen molar-refractivity contribution in [3.63, 3.8) is 0 Å². The van der Waals surface area contributed by atoms with Crippen LogP contribution in [0.4, 0.5) is 0 Å². The van der Waals surface area contributed by atoms with Crippen molar-refractivity contribution in [1.29, 1.82) is 0 Å². The second-order valence-electron chi connectivity index (χ2n) is 3.78. The van der Waals surface area contributed by atoms with Gasteiger partial charge in [0.05, 0.1) is 5.92 Å². The number of aliphatic carboxylic acids is 1. The lowest BCUT2D eigenvalue weighted by Crippen LogP contribution is -2.23. The van der Waals surface area contributed by atoms with Crippen LogP contribution in [0.3, 0.4) is 0 Å². The van der Waals surface area contributed by atoms with E-state index in [0.29, 0.717) is 12.2 Å². The number of thioether (sulfide) groups is 2. The van der Waals surface area contributed by atoms with Gasteiger partial charge in [-0.2, -0.15) is 11.8 Å². The van der Waals surface area contributed by atoms with Gasteiger partial charge < -0.3 is 5.11 Å². The van der Waals surface area contributed by atoms with Gasteiger partial charge in [-0.1, -0.05) is 11.8 Å². The third-order valence-electron chi connectivity index (χ3n) is 2.24. The molecule has 0 aromatic carbocycles. The first-order valence-electron chi connectivity index (χ1n) is 4.43. The molecule has 14 heavy (non-hydrogen) atoms. The molecule has 1 fully saturated rings. The maximum Gasteiger partial charge on any atom is 0.307 e. The first-order valence-corrected chi connectivity index (χ1v) is 6.40. The smallest absolute Gasteiger partial charge is 0.307 e.